The maximum atomic E-state index is 5.82. The molecule has 4 fully saturated rings. The lowest BCUT2D eigenvalue weighted by atomic mass is 9.77. The van der Waals surface area contributed by atoms with Gasteiger partial charge in [-0.05, 0) is 145 Å². The first-order valence-corrected chi connectivity index (χ1v) is 18.7. The zero-order chi connectivity index (χ0) is 29.7. The van der Waals surface area contributed by atoms with Crippen molar-refractivity contribution < 1.29 is 0 Å². The maximum absolute atomic E-state index is 5.82. The van der Waals surface area contributed by atoms with E-state index in [0.29, 0.717) is 29.3 Å². The van der Waals surface area contributed by atoms with Gasteiger partial charge in [0.05, 0.1) is 0 Å². The highest BCUT2D eigenvalue weighted by Crippen LogP contribution is 2.35. The molecule has 0 aromatic heterocycles. The summed E-state index contributed by atoms with van der Waals surface area (Å²) in [5.41, 5.74) is 6.83. The Bertz CT molecular complexity index is 823. The van der Waals surface area contributed by atoms with Crippen molar-refractivity contribution in [3.8, 4) is 0 Å². The third-order valence-corrected chi connectivity index (χ3v) is 11.6. The van der Waals surface area contributed by atoms with Gasteiger partial charge >= 0.3 is 0 Å². The molecule has 0 aliphatic heterocycles. The predicted molar refractivity (Wildman–Crippen MR) is 187 cm³/mol. The highest BCUT2D eigenvalue weighted by molar-refractivity contribution is 7.80. The SMILES string of the molecule is C=C(C)NC1CCC(CC2CCCC(NC(=S)NC3CCC(CCC4CCCC(NC(N)=S)CC4)CC3)CCC2)CC1. The van der Waals surface area contributed by atoms with Crippen LogP contribution in [0.1, 0.15) is 148 Å². The summed E-state index contributed by atoms with van der Waals surface area (Å²) >= 11 is 10.9. The average Bonchev–Trinajstić information content (AvgIpc) is 3.16. The highest BCUT2D eigenvalue weighted by atomic mass is 32.1. The summed E-state index contributed by atoms with van der Waals surface area (Å²) in [4.78, 5) is 0. The Balaban J connectivity index is 1.05. The molecule has 4 aliphatic carbocycles. The van der Waals surface area contributed by atoms with E-state index < -0.39 is 0 Å². The number of nitrogens with one attached hydrogen (secondary N) is 4. The molecule has 240 valence electrons. The van der Waals surface area contributed by atoms with Crippen molar-refractivity contribution in [1.82, 2.24) is 21.3 Å². The van der Waals surface area contributed by atoms with Crippen LogP contribution < -0.4 is 27.0 Å². The largest absolute Gasteiger partial charge is 0.386 e. The van der Waals surface area contributed by atoms with E-state index in [1.165, 1.54) is 141 Å². The van der Waals surface area contributed by atoms with Crippen molar-refractivity contribution in [2.75, 3.05) is 0 Å². The molecule has 7 heteroatoms. The predicted octanol–water partition coefficient (Wildman–Crippen LogP) is 7.98. The molecular weight excluding hydrogens is 555 g/mol. The van der Waals surface area contributed by atoms with Crippen molar-refractivity contribution in [2.24, 2.45) is 29.4 Å². The minimum absolute atomic E-state index is 0.466. The quantitative estimate of drug-likeness (QED) is 0.126. The summed E-state index contributed by atoms with van der Waals surface area (Å²) in [7, 11) is 0. The molecule has 4 saturated carbocycles. The van der Waals surface area contributed by atoms with Crippen LogP contribution in [0.15, 0.2) is 12.3 Å². The van der Waals surface area contributed by atoms with Crippen LogP contribution in [0.4, 0.5) is 0 Å². The number of thiocarbonyl (C=S) groups is 2. The van der Waals surface area contributed by atoms with Crippen molar-refractivity contribution in [3.63, 3.8) is 0 Å². The van der Waals surface area contributed by atoms with Crippen molar-refractivity contribution >= 4 is 34.7 Å². The highest BCUT2D eigenvalue weighted by Gasteiger charge is 2.27. The third kappa shape index (κ3) is 12.5. The number of hydrogen-bond donors (Lipinski definition) is 5. The smallest absolute Gasteiger partial charge is 0.166 e. The molecule has 0 radical (unpaired) electrons. The first kappa shape index (κ1) is 33.8. The van der Waals surface area contributed by atoms with Crippen LogP contribution in [0.2, 0.25) is 0 Å². The summed E-state index contributed by atoms with van der Waals surface area (Å²) in [6.07, 6.45) is 29.5. The van der Waals surface area contributed by atoms with Gasteiger partial charge in [-0.2, -0.15) is 0 Å². The molecule has 42 heavy (non-hydrogen) atoms. The zero-order valence-corrected chi connectivity index (χ0v) is 28.4. The van der Waals surface area contributed by atoms with E-state index in [4.69, 9.17) is 30.2 Å². The molecule has 0 aromatic rings. The zero-order valence-electron chi connectivity index (χ0n) is 26.8. The fourth-order valence-corrected chi connectivity index (χ4v) is 9.33. The van der Waals surface area contributed by atoms with Crippen LogP contribution in [0.5, 0.6) is 0 Å². The van der Waals surface area contributed by atoms with Gasteiger partial charge in [-0.3, -0.25) is 0 Å². The van der Waals surface area contributed by atoms with Crippen LogP contribution >= 0.6 is 24.4 Å². The number of nitrogens with two attached hydrogens (primary N) is 1. The van der Waals surface area contributed by atoms with Gasteiger partial charge in [0, 0.05) is 29.9 Å². The maximum Gasteiger partial charge on any atom is 0.166 e. The van der Waals surface area contributed by atoms with Gasteiger partial charge in [0.25, 0.3) is 0 Å². The molecule has 0 bridgehead atoms. The fraction of sp³-hybridized carbons (Fsp3) is 0.886. The lowest BCUT2D eigenvalue weighted by molar-refractivity contribution is 0.229. The lowest BCUT2D eigenvalue weighted by Crippen LogP contribution is -2.47. The summed E-state index contributed by atoms with van der Waals surface area (Å²) in [6, 6.07) is 2.28. The van der Waals surface area contributed by atoms with Gasteiger partial charge in [0.2, 0.25) is 0 Å². The van der Waals surface area contributed by atoms with E-state index in [1.54, 1.807) is 0 Å². The Morgan fingerprint density at radius 2 is 0.929 bits per heavy atom. The van der Waals surface area contributed by atoms with Gasteiger partial charge in [0.1, 0.15) is 0 Å². The standard InChI is InChI=1S/C35H63N5S2/c1-25(2)37-32-22-17-29(18-23-32)24-28-7-4-9-30(10-5-8-28)39-35(42)40-33-20-15-27(16-21-33)13-12-26-6-3-11-31(19-14-26)38-34(36)41/h26-33,37H,1,3-24H2,2H3,(H3,36,38,41)(H2,39,40,42). The lowest BCUT2D eigenvalue weighted by Gasteiger charge is -2.34. The monoisotopic (exact) mass is 617 g/mol. The molecule has 6 N–H and O–H groups in total. The Labute approximate surface area is 269 Å². The Morgan fingerprint density at radius 1 is 0.548 bits per heavy atom. The molecule has 4 aliphatic rings. The molecular formula is C35H63N5S2. The Morgan fingerprint density at radius 3 is 1.43 bits per heavy atom. The van der Waals surface area contributed by atoms with Crippen LogP contribution in [0.25, 0.3) is 0 Å². The van der Waals surface area contributed by atoms with Crippen molar-refractivity contribution in [1.29, 1.82) is 0 Å². The Kier molecular flexibility index (Phi) is 14.5. The summed E-state index contributed by atoms with van der Waals surface area (Å²) < 4.78 is 0. The normalized spacial score (nSPS) is 34.6. The van der Waals surface area contributed by atoms with Gasteiger partial charge in [-0.1, -0.05) is 57.9 Å². The molecule has 0 aromatic carbocycles. The van der Waals surface area contributed by atoms with E-state index in [0.717, 1.165) is 34.5 Å². The van der Waals surface area contributed by atoms with E-state index >= 15 is 0 Å². The van der Waals surface area contributed by atoms with E-state index in [9.17, 15) is 0 Å². The van der Waals surface area contributed by atoms with Gasteiger partial charge in [0.15, 0.2) is 10.2 Å². The fourth-order valence-electron chi connectivity index (χ4n) is 8.83. The molecule has 0 heterocycles. The summed E-state index contributed by atoms with van der Waals surface area (Å²) in [5.74, 6) is 3.68. The second-order valence-corrected chi connectivity index (χ2v) is 15.6. The molecule has 0 saturated heterocycles. The minimum Gasteiger partial charge on any atom is -0.386 e. The number of allylic oxidation sites excluding steroid dienone is 1. The average molecular weight is 618 g/mol. The van der Waals surface area contributed by atoms with Gasteiger partial charge in [-0.15, -0.1) is 0 Å². The summed E-state index contributed by atoms with van der Waals surface area (Å²) in [5, 5.41) is 15.7. The topological polar surface area (TPSA) is 74.1 Å². The molecule has 0 amide bonds. The second kappa shape index (κ2) is 18.0. The van der Waals surface area contributed by atoms with E-state index in [2.05, 4.69) is 34.8 Å². The second-order valence-electron chi connectivity index (χ2n) is 14.8. The molecule has 0 spiro atoms. The Hall–Kier alpha value is -1.08. The summed E-state index contributed by atoms with van der Waals surface area (Å²) in [6.45, 7) is 6.12. The first-order valence-electron chi connectivity index (χ1n) is 17.9. The molecule has 5 nitrogen and oxygen atoms in total. The molecule has 2 atom stereocenters. The number of hydrogen-bond acceptors (Lipinski definition) is 3. The molecule has 4 rings (SSSR count). The van der Waals surface area contributed by atoms with Crippen molar-refractivity contribution in [2.45, 2.75) is 172 Å². The number of rotatable bonds is 10. The van der Waals surface area contributed by atoms with Gasteiger partial charge in [-0.25, -0.2) is 0 Å². The van der Waals surface area contributed by atoms with E-state index in [1.807, 2.05) is 0 Å². The van der Waals surface area contributed by atoms with Crippen LogP contribution in [0, 0.1) is 23.7 Å². The van der Waals surface area contributed by atoms with Gasteiger partial charge < -0.3 is 27.0 Å². The molecule has 2 unspecified atom stereocenters. The van der Waals surface area contributed by atoms with Crippen LogP contribution in [-0.2, 0) is 0 Å². The van der Waals surface area contributed by atoms with E-state index in [-0.39, 0.29) is 0 Å². The van der Waals surface area contributed by atoms with Crippen LogP contribution in [0.3, 0.4) is 0 Å². The third-order valence-electron chi connectivity index (χ3n) is 11.2. The first-order chi connectivity index (χ1) is 20.3. The van der Waals surface area contributed by atoms with Crippen molar-refractivity contribution in [3.05, 3.63) is 12.3 Å². The van der Waals surface area contributed by atoms with Crippen LogP contribution in [-0.4, -0.2) is 34.4 Å². The minimum atomic E-state index is 0.466.